The van der Waals surface area contributed by atoms with Crippen LogP contribution in [0.2, 0.25) is 0 Å². The maximum Gasteiger partial charge on any atom is 0.322 e. The summed E-state index contributed by atoms with van der Waals surface area (Å²) in [7, 11) is 4.02. The van der Waals surface area contributed by atoms with E-state index in [1.165, 1.54) is 0 Å². The van der Waals surface area contributed by atoms with Gasteiger partial charge in [-0.25, -0.2) is 0 Å². The van der Waals surface area contributed by atoms with E-state index >= 15 is 0 Å². The van der Waals surface area contributed by atoms with Gasteiger partial charge in [0.05, 0.1) is 37.9 Å². The number of rotatable bonds is 29. The highest BCUT2D eigenvalue weighted by atomic mass is 79.9. The molecule has 0 heterocycles. The van der Waals surface area contributed by atoms with Gasteiger partial charge in [0.1, 0.15) is 39.4 Å². The van der Waals surface area contributed by atoms with Crippen molar-refractivity contribution in [2.24, 2.45) is 11.1 Å². The van der Waals surface area contributed by atoms with Crippen LogP contribution in [0.25, 0.3) is 0 Å². The lowest BCUT2D eigenvalue weighted by Crippen LogP contribution is -2.46. The van der Waals surface area contributed by atoms with Gasteiger partial charge in [-0.3, -0.25) is 24.0 Å². The molecule has 0 aromatic carbocycles. The molecule has 0 unspecified atom stereocenters. The fourth-order valence-corrected chi connectivity index (χ4v) is 4.21. The number of ketones is 1. The van der Waals surface area contributed by atoms with Crippen LogP contribution in [0, 0.1) is 5.41 Å². The normalized spacial score (nSPS) is 13.1. The molecule has 0 rings (SSSR count). The number of nitrogens with one attached hydrogen (secondary N) is 1. The lowest BCUT2D eigenvalue weighted by Gasteiger charge is -2.34. The second-order valence-electron chi connectivity index (χ2n) is 14.2. The van der Waals surface area contributed by atoms with Crippen LogP contribution in [-0.4, -0.2) is 140 Å². The first-order chi connectivity index (χ1) is 23.5. The number of hydrogen-bond acceptors (Lipinski definition) is 13. The molecule has 1 amide bonds. The van der Waals surface area contributed by atoms with Crippen LogP contribution in [0.5, 0.6) is 0 Å². The third kappa shape index (κ3) is 24.7. The van der Waals surface area contributed by atoms with Crippen molar-refractivity contribution >= 4 is 77.4 Å². The van der Waals surface area contributed by atoms with Gasteiger partial charge in [0.2, 0.25) is 5.91 Å². The van der Waals surface area contributed by atoms with Crippen LogP contribution in [0.3, 0.4) is 0 Å². The van der Waals surface area contributed by atoms with Crippen molar-refractivity contribution in [3.63, 3.8) is 0 Å². The number of unbranched alkanes of at least 4 members (excludes halogenated alkanes) is 1. The molecular weight excluding hydrogens is 866 g/mol. The summed E-state index contributed by atoms with van der Waals surface area (Å²) >= 11 is 9.79. The molecular formula is C34H60Br3N3O11. The molecule has 0 aliphatic rings. The van der Waals surface area contributed by atoms with Crippen molar-refractivity contribution in [1.82, 2.24) is 10.2 Å². The van der Waals surface area contributed by atoms with E-state index < -0.39 is 42.3 Å². The summed E-state index contributed by atoms with van der Waals surface area (Å²) in [5, 5.41) is 2.77. The molecule has 0 saturated heterocycles. The Balaban J connectivity index is 4.80. The van der Waals surface area contributed by atoms with Gasteiger partial charge in [-0.15, -0.1) is 0 Å². The summed E-state index contributed by atoms with van der Waals surface area (Å²) in [4.78, 5) is 64.6. The maximum absolute atomic E-state index is 12.6. The zero-order chi connectivity index (χ0) is 39.3. The molecule has 298 valence electrons. The molecule has 0 aliphatic carbocycles. The maximum atomic E-state index is 12.6. The van der Waals surface area contributed by atoms with Crippen molar-refractivity contribution in [1.29, 1.82) is 0 Å². The number of hydrogen-bond donors (Lipinski definition) is 2. The molecule has 14 nitrogen and oxygen atoms in total. The second kappa shape index (κ2) is 25.0. The first-order valence-corrected chi connectivity index (χ1v) is 19.4. The van der Waals surface area contributed by atoms with E-state index in [0.29, 0.717) is 45.8 Å². The monoisotopic (exact) mass is 923 g/mol. The molecule has 0 aliphatic heterocycles. The van der Waals surface area contributed by atoms with E-state index in [9.17, 15) is 24.0 Å². The number of Topliss-reactive ketones (excluding diaryl/α,β-unsaturated/α-hetero) is 1. The van der Waals surface area contributed by atoms with Crippen LogP contribution in [0.4, 0.5) is 0 Å². The molecule has 0 radical (unpaired) electrons. The minimum absolute atomic E-state index is 0.182. The first kappa shape index (κ1) is 49.8. The SMILES string of the molecule is CN(C)CCCC[C@H](N)C(=O)NCCOCCOCCCC(=O)COCC(COC(=O)C(C)(C)Br)(COC(=O)C(C)(C)Br)COC(=O)C(C)(C)Br. The van der Waals surface area contributed by atoms with Crippen LogP contribution in [-0.2, 0) is 52.4 Å². The van der Waals surface area contributed by atoms with Gasteiger partial charge < -0.3 is 44.4 Å². The van der Waals surface area contributed by atoms with E-state index in [-0.39, 0.29) is 51.1 Å². The third-order valence-corrected chi connectivity index (χ3v) is 8.00. The van der Waals surface area contributed by atoms with Gasteiger partial charge in [0.25, 0.3) is 0 Å². The fraction of sp³-hybridized carbons (Fsp3) is 0.853. The van der Waals surface area contributed by atoms with Crippen LogP contribution < -0.4 is 11.1 Å². The standard InChI is InChI=1S/C34H60Br3N3O11/c1-31(2,35)28(43)49-22-34(23-50-29(44)32(3,4)36,24-51-30(45)33(5,6)37)21-48-20-25(41)12-11-16-46-18-19-47-17-14-39-27(42)26(38)13-9-10-15-40(7)8/h26H,9-24,38H2,1-8H3,(H,39,42)/t26-/m0/s1. The highest BCUT2D eigenvalue weighted by Gasteiger charge is 2.41. The van der Waals surface area contributed by atoms with Gasteiger partial charge in [-0.2, -0.15) is 0 Å². The molecule has 3 N–H and O–H groups in total. The Hall–Kier alpha value is -1.21. The topological polar surface area (TPSA) is 182 Å². The number of nitrogens with zero attached hydrogens (tertiary/aromatic N) is 1. The summed E-state index contributed by atoms with van der Waals surface area (Å²) in [6, 6.07) is -0.532. The highest BCUT2D eigenvalue weighted by molar-refractivity contribution is 9.10. The van der Waals surface area contributed by atoms with Crippen molar-refractivity contribution in [3.8, 4) is 0 Å². The highest BCUT2D eigenvalue weighted by Crippen LogP contribution is 2.28. The van der Waals surface area contributed by atoms with E-state index in [2.05, 4.69) is 58.0 Å². The summed E-state index contributed by atoms with van der Waals surface area (Å²) in [6.07, 6.45) is 3.15. The summed E-state index contributed by atoms with van der Waals surface area (Å²) in [5.74, 6) is -2.18. The smallest absolute Gasteiger partial charge is 0.322 e. The Morgan fingerprint density at radius 1 is 0.667 bits per heavy atom. The Labute approximate surface area is 329 Å². The van der Waals surface area contributed by atoms with E-state index in [4.69, 9.17) is 34.2 Å². The lowest BCUT2D eigenvalue weighted by atomic mass is 9.91. The average Bonchev–Trinajstić information content (AvgIpc) is 3.02. The number of carbonyl (C=O) groups excluding carboxylic acids is 5. The first-order valence-electron chi connectivity index (χ1n) is 17.0. The van der Waals surface area contributed by atoms with Gasteiger partial charge >= 0.3 is 17.9 Å². The van der Waals surface area contributed by atoms with Crippen LogP contribution in [0.1, 0.15) is 73.6 Å². The summed E-state index contributed by atoms with van der Waals surface area (Å²) in [6.45, 7) is 10.8. The van der Waals surface area contributed by atoms with E-state index in [0.717, 1.165) is 19.4 Å². The number of carbonyl (C=O) groups is 5. The van der Waals surface area contributed by atoms with E-state index in [1.54, 1.807) is 41.5 Å². The van der Waals surface area contributed by atoms with Crippen LogP contribution >= 0.6 is 47.8 Å². The van der Waals surface area contributed by atoms with Gasteiger partial charge in [-0.1, -0.05) is 54.2 Å². The van der Waals surface area contributed by atoms with Crippen molar-refractivity contribution in [2.45, 2.75) is 92.7 Å². The molecule has 0 saturated carbocycles. The molecule has 0 aromatic heterocycles. The number of nitrogens with two attached hydrogens (primary N) is 1. The molecule has 0 aromatic rings. The minimum Gasteiger partial charge on any atom is -0.464 e. The van der Waals surface area contributed by atoms with Crippen molar-refractivity contribution < 1.29 is 52.4 Å². The fourth-order valence-electron chi connectivity index (χ4n) is 3.87. The quantitative estimate of drug-likeness (QED) is 0.0481. The molecule has 0 bridgehead atoms. The molecule has 1 atom stereocenters. The Morgan fingerprint density at radius 3 is 1.59 bits per heavy atom. The largest absolute Gasteiger partial charge is 0.464 e. The van der Waals surface area contributed by atoms with E-state index in [1.807, 2.05) is 14.1 Å². The molecule has 0 fully saturated rings. The van der Waals surface area contributed by atoms with Crippen LogP contribution in [0.15, 0.2) is 0 Å². The zero-order valence-corrected chi connectivity index (χ0v) is 36.3. The van der Waals surface area contributed by atoms with Gasteiger partial charge in [0.15, 0.2) is 5.78 Å². The van der Waals surface area contributed by atoms with Gasteiger partial charge in [0, 0.05) is 19.6 Å². The second-order valence-corrected chi connectivity index (χ2v) is 20.1. The molecule has 0 spiro atoms. The number of alkyl halides is 3. The Morgan fingerprint density at radius 2 is 1.14 bits per heavy atom. The molecule has 51 heavy (non-hydrogen) atoms. The Bertz CT molecular complexity index is 1000. The van der Waals surface area contributed by atoms with Crippen molar-refractivity contribution in [2.75, 3.05) is 86.6 Å². The molecule has 17 heteroatoms. The number of halogens is 3. The predicted molar refractivity (Wildman–Crippen MR) is 204 cm³/mol. The summed E-state index contributed by atoms with van der Waals surface area (Å²) in [5.41, 5.74) is 4.62. The zero-order valence-electron chi connectivity index (χ0n) is 31.5. The predicted octanol–water partition coefficient (Wildman–Crippen LogP) is 3.70. The number of esters is 3. The van der Waals surface area contributed by atoms with Gasteiger partial charge in [-0.05, 0) is 81.4 Å². The third-order valence-electron chi connectivity index (χ3n) is 7.03. The Kier molecular flexibility index (Phi) is 24.4. The average molecular weight is 927 g/mol. The number of ether oxygens (including phenoxy) is 6. The minimum atomic E-state index is -1.32. The van der Waals surface area contributed by atoms with Crippen molar-refractivity contribution in [3.05, 3.63) is 0 Å². The summed E-state index contributed by atoms with van der Waals surface area (Å²) < 4.78 is 30.3. The lowest BCUT2D eigenvalue weighted by molar-refractivity contribution is -0.170. The number of amides is 1.